The molecule has 20 heteroatoms. The van der Waals surface area contributed by atoms with E-state index in [9.17, 15) is 58.8 Å². The molecule has 0 amide bonds. The standard InChI is InChI=1S/C25H28O6.2C25H26O4.C21H21ClO4S/c1-29-20-13-14-21(23(16-20)30-2)24(26)18-9-11-19(12-10-18)31-22(25(27)28)15-8-17-6-4-3-5-7-17;26-23(17-11-19-7-3-1-4-8-19)21-13-15-22(16-14-21)29-24(25(27)28)18-12-20-9-5-2-6-10-20;26-23(21-9-5-2-6-10-21)17-13-20-11-15-22(16-12-20)29-24(25(27)28)18-14-19-7-3-1-4-8-19;22-15-9-11-17(16(13-15)20(23)19-7-4-12-27-19)26-18(21(24)25)10-8-14-5-2-1-3-6-14/h6,9-14,16,22H,3-5,7-8,15H2,1-2H3,(H,27,28);1,3-4,7-9,11,13-17,24H,2,5-6,10,12,18H2,(H,27,28);2,5-7,9-13,15-17,24H,1,3-4,8,14,18H2,(H,27,28);4-5,7,9,11-13,18H,1-3,6,8,10H2,(H,24,25)/b;17-11+;17-13+;. The lowest BCUT2D eigenvalue weighted by Crippen LogP contribution is -2.28. The second kappa shape index (κ2) is 47.2. The second-order valence-electron chi connectivity index (χ2n) is 28.5. The number of benzene rings is 7. The average Bonchev–Trinajstić information content (AvgIpc) is 1.56. The molecule has 116 heavy (non-hydrogen) atoms. The number of carboxylic acids is 4. The van der Waals surface area contributed by atoms with Gasteiger partial charge >= 0.3 is 23.9 Å². The van der Waals surface area contributed by atoms with E-state index in [1.165, 1.54) is 104 Å². The summed E-state index contributed by atoms with van der Waals surface area (Å²) in [6.45, 7) is 0. The molecule has 1 aromatic heterocycles. The lowest BCUT2D eigenvalue weighted by Gasteiger charge is -2.19. The van der Waals surface area contributed by atoms with Gasteiger partial charge in [-0.1, -0.05) is 149 Å². The van der Waals surface area contributed by atoms with Crippen LogP contribution < -0.4 is 28.4 Å². The van der Waals surface area contributed by atoms with Crippen molar-refractivity contribution in [3.63, 3.8) is 0 Å². The third-order valence-electron chi connectivity index (χ3n) is 20.1. The van der Waals surface area contributed by atoms with Crippen molar-refractivity contribution >= 4 is 82.1 Å². The van der Waals surface area contributed by atoms with Gasteiger partial charge in [-0.2, -0.15) is 0 Å². The molecule has 4 atom stereocenters. The molecule has 0 fully saturated rings. The number of carbonyl (C=O) groups excluding carboxylic acids is 4. The van der Waals surface area contributed by atoms with Gasteiger partial charge < -0.3 is 48.8 Å². The maximum atomic E-state index is 12.9. The van der Waals surface area contributed by atoms with Crippen LogP contribution >= 0.6 is 22.9 Å². The van der Waals surface area contributed by atoms with Crippen LogP contribution in [0.5, 0.6) is 34.5 Å². The van der Waals surface area contributed by atoms with Gasteiger partial charge in [0.15, 0.2) is 41.8 Å². The van der Waals surface area contributed by atoms with Gasteiger partial charge in [-0.15, -0.1) is 11.3 Å². The summed E-state index contributed by atoms with van der Waals surface area (Å²) in [5.41, 5.74) is 9.41. The Kier molecular flexibility index (Phi) is 36.0. The molecule has 0 bridgehead atoms. The van der Waals surface area contributed by atoms with Crippen molar-refractivity contribution < 1.29 is 87.2 Å². The molecule has 0 radical (unpaired) electrons. The van der Waals surface area contributed by atoms with E-state index in [0.717, 1.165) is 88.2 Å². The normalized spacial score (nSPS) is 14.8. The van der Waals surface area contributed by atoms with Crippen molar-refractivity contribution in [2.24, 2.45) is 0 Å². The van der Waals surface area contributed by atoms with Gasteiger partial charge in [-0.25, -0.2) is 19.2 Å². The van der Waals surface area contributed by atoms with Crippen molar-refractivity contribution in [3.05, 3.63) is 295 Å². The largest absolute Gasteiger partial charge is 0.497 e. The van der Waals surface area contributed by atoms with Gasteiger partial charge in [0.25, 0.3) is 0 Å². The van der Waals surface area contributed by atoms with E-state index < -0.39 is 48.3 Å². The topological polar surface area (TPSA) is 273 Å². The Morgan fingerprint density at radius 2 is 0.776 bits per heavy atom. The summed E-state index contributed by atoms with van der Waals surface area (Å²) in [5, 5.41) is 40.3. The van der Waals surface area contributed by atoms with E-state index in [-0.39, 0.29) is 34.4 Å². The van der Waals surface area contributed by atoms with E-state index in [4.69, 9.17) is 40.0 Å². The van der Waals surface area contributed by atoms with Crippen LogP contribution in [0.2, 0.25) is 5.02 Å². The molecule has 1 heterocycles. The zero-order valence-corrected chi connectivity index (χ0v) is 67.2. The zero-order chi connectivity index (χ0) is 82.4. The predicted molar refractivity (Wildman–Crippen MR) is 452 cm³/mol. The fraction of sp³-hybridized carbons (Fsp3) is 0.312. The highest BCUT2D eigenvalue weighted by molar-refractivity contribution is 7.12. The number of carbonyl (C=O) groups is 8. The van der Waals surface area contributed by atoms with E-state index in [0.29, 0.717) is 93.0 Å². The van der Waals surface area contributed by atoms with Gasteiger partial charge in [0.1, 0.15) is 34.5 Å². The summed E-state index contributed by atoms with van der Waals surface area (Å²) in [4.78, 5) is 97.1. The molecule has 606 valence electrons. The lowest BCUT2D eigenvalue weighted by atomic mass is 9.95. The van der Waals surface area contributed by atoms with Gasteiger partial charge in [0, 0.05) is 27.8 Å². The molecule has 0 saturated heterocycles. The van der Waals surface area contributed by atoms with E-state index in [1.54, 1.807) is 135 Å². The Morgan fingerprint density at radius 1 is 0.379 bits per heavy atom. The average molecular weight is 1610 g/mol. The van der Waals surface area contributed by atoms with Gasteiger partial charge in [0.05, 0.1) is 30.2 Å². The molecule has 0 saturated carbocycles. The number of aliphatic carboxylic acids is 4. The van der Waals surface area contributed by atoms with Gasteiger partial charge in [-0.3, -0.25) is 19.2 Å². The number of hydrogen-bond acceptors (Lipinski definition) is 15. The molecule has 4 N–H and O–H groups in total. The minimum atomic E-state index is -1.03. The summed E-state index contributed by atoms with van der Waals surface area (Å²) < 4.78 is 33.3. The number of rotatable bonds is 36. The Morgan fingerprint density at radius 3 is 1.17 bits per heavy atom. The maximum absolute atomic E-state index is 12.9. The van der Waals surface area contributed by atoms with Crippen molar-refractivity contribution in [2.75, 3.05) is 14.2 Å². The molecule has 4 aliphatic carbocycles. The van der Waals surface area contributed by atoms with Crippen LogP contribution in [0.4, 0.5) is 0 Å². The molecule has 18 nitrogen and oxygen atoms in total. The molecule has 12 rings (SSSR count). The van der Waals surface area contributed by atoms with Crippen LogP contribution in [0.3, 0.4) is 0 Å². The third-order valence-corrected chi connectivity index (χ3v) is 21.2. The minimum absolute atomic E-state index is 0.0612. The van der Waals surface area contributed by atoms with Gasteiger partial charge in [-0.05, 0) is 280 Å². The van der Waals surface area contributed by atoms with Crippen LogP contribution in [0, 0.1) is 0 Å². The number of halogens is 1. The Hall–Kier alpha value is -11.7. The third kappa shape index (κ3) is 29.3. The van der Waals surface area contributed by atoms with Crippen molar-refractivity contribution in [1.29, 1.82) is 0 Å². The van der Waals surface area contributed by atoms with Crippen LogP contribution in [0.25, 0.3) is 12.2 Å². The molecule has 8 aromatic rings. The number of carboxylic acid groups (broad SMARTS) is 4. The first-order valence-electron chi connectivity index (χ1n) is 39.6. The summed E-state index contributed by atoms with van der Waals surface area (Å²) in [6.07, 6.45) is 34.4. The zero-order valence-electron chi connectivity index (χ0n) is 65.6. The monoisotopic (exact) mass is 1610 g/mol. The fourth-order valence-electron chi connectivity index (χ4n) is 13.6. The fourth-order valence-corrected chi connectivity index (χ4v) is 14.4. The maximum Gasteiger partial charge on any atom is 0.344 e. The summed E-state index contributed by atoms with van der Waals surface area (Å²) in [7, 11) is 3.05. The highest BCUT2D eigenvalue weighted by Crippen LogP contribution is 2.33. The molecular formula is C96H101ClO18S. The van der Waals surface area contributed by atoms with Crippen molar-refractivity contribution in [3.8, 4) is 34.5 Å². The van der Waals surface area contributed by atoms with Crippen molar-refractivity contribution in [1.82, 2.24) is 0 Å². The molecule has 4 unspecified atom stereocenters. The van der Waals surface area contributed by atoms with Crippen molar-refractivity contribution in [2.45, 2.75) is 179 Å². The molecule has 4 aliphatic rings. The Balaban J connectivity index is 0.000000177. The highest BCUT2D eigenvalue weighted by Gasteiger charge is 2.27. The number of methoxy groups -OCH3 is 2. The summed E-state index contributed by atoms with van der Waals surface area (Å²) in [6, 6.07) is 52.2. The second-order valence-corrected chi connectivity index (χ2v) is 29.9. The Bertz CT molecular complexity index is 4750. The molecule has 0 aliphatic heterocycles. The molecule has 0 spiro atoms. The first-order valence-corrected chi connectivity index (χ1v) is 40.8. The van der Waals surface area contributed by atoms with Crippen LogP contribution in [0.1, 0.15) is 217 Å². The first-order chi connectivity index (χ1) is 56.3. The summed E-state index contributed by atoms with van der Waals surface area (Å²) in [5.74, 6) is -1.86. The van der Waals surface area contributed by atoms with E-state index in [2.05, 4.69) is 24.3 Å². The highest BCUT2D eigenvalue weighted by atomic mass is 35.5. The van der Waals surface area contributed by atoms with Crippen LogP contribution in [-0.4, -0.2) is 106 Å². The number of hydrogen-bond donors (Lipinski definition) is 4. The lowest BCUT2D eigenvalue weighted by molar-refractivity contribution is -0.146. The summed E-state index contributed by atoms with van der Waals surface area (Å²) >= 11 is 7.38. The molecular weight excluding hydrogens is 1510 g/mol. The molecule has 7 aromatic carbocycles. The SMILES string of the molecule is COc1ccc(C(=O)c2ccc(OC(CCC3=CCCCC3)C(=O)O)cc2)c(OC)c1.O=C(/C=C/c1ccc(OC(CCC2=CCCCC2)C(=O)O)cc1)c1ccccc1.O=C(/C=C/c1ccccc1)c1ccc(OC(CCC2=CCCCC2)C(=O)O)cc1.O=C(c1cccs1)c1cc(Cl)ccc1OC(CCC1=CCCCC1)C(=O)O. The minimum Gasteiger partial charge on any atom is -0.497 e. The quantitative estimate of drug-likeness (QED) is 0.0161. The number of thiophene rings is 1. The van der Waals surface area contributed by atoms with Crippen LogP contribution in [0.15, 0.2) is 246 Å². The van der Waals surface area contributed by atoms with Gasteiger partial charge in [0.2, 0.25) is 5.78 Å². The smallest absolute Gasteiger partial charge is 0.344 e. The number of allylic oxidation sites excluding steroid dienone is 10. The number of ether oxygens (including phenoxy) is 6. The Labute approximate surface area is 687 Å². The van der Waals surface area contributed by atoms with E-state index >= 15 is 0 Å². The van der Waals surface area contributed by atoms with E-state index in [1.807, 2.05) is 66.0 Å². The van der Waals surface area contributed by atoms with Crippen LogP contribution in [-0.2, 0) is 19.2 Å². The number of ketones is 4. The predicted octanol–water partition coefficient (Wildman–Crippen LogP) is 22.2. The first kappa shape index (κ1) is 88.3.